The Balaban J connectivity index is 2.72. The SMILES string of the molecule is Cc1cccc(-c2c(O)cc(C)c(O)c2C)c1. The summed E-state index contributed by atoms with van der Waals surface area (Å²) < 4.78 is 0. The Labute approximate surface area is 101 Å². The molecule has 0 unspecified atom stereocenters. The smallest absolute Gasteiger partial charge is 0.124 e. The zero-order valence-electron chi connectivity index (χ0n) is 10.3. The minimum absolute atomic E-state index is 0.211. The van der Waals surface area contributed by atoms with Crippen molar-refractivity contribution in [2.45, 2.75) is 20.8 Å². The van der Waals surface area contributed by atoms with Gasteiger partial charge in [0.1, 0.15) is 11.5 Å². The first-order chi connectivity index (χ1) is 8.00. The first-order valence-electron chi connectivity index (χ1n) is 5.60. The van der Waals surface area contributed by atoms with Crippen LogP contribution in [0.5, 0.6) is 11.5 Å². The van der Waals surface area contributed by atoms with Crippen molar-refractivity contribution in [3.05, 3.63) is 47.0 Å². The fourth-order valence-electron chi connectivity index (χ4n) is 2.12. The van der Waals surface area contributed by atoms with Crippen molar-refractivity contribution in [3.8, 4) is 22.6 Å². The lowest BCUT2D eigenvalue weighted by Crippen LogP contribution is -1.89. The van der Waals surface area contributed by atoms with E-state index >= 15 is 0 Å². The number of aryl methyl sites for hydroxylation is 2. The van der Waals surface area contributed by atoms with E-state index in [2.05, 4.69) is 0 Å². The Kier molecular flexibility index (Phi) is 2.80. The summed E-state index contributed by atoms with van der Waals surface area (Å²) in [6, 6.07) is 9.48. The number of aromatic hydroxyl groups is 2. The third-order valence-corrected chi connectivity index (χ3v) is 3.02. The largest absolute Gasteiger partial charge is 0.507 e. The molecule has 0 aliphatic carbocycles. The highest BCUT2D eigenvalue weighted by Crippen LogP contribution is 2.39. The van der Waals surface area contributed by atoms with Crippen LogP contribution in [0.2, 0.25) is 0 Å². The Morgan fingerprint density at radius 3 is 2.29 bits per heavy atom. The highest BCUT2D eigenvalue weighted by Gasteiger charge is 2.13. The summed E-state index contributed by atoms with van der Waals surface area (Å²) in [7, 11) is 0. The van der Waals surface area contributed by atoms with Gasteiger partial charge in [-0.3, -0.25) is 0 Å². The summed E-state index contributed by atoms with van der Waals surface area (Å²) in [5.74, 6) is 0.461. The lowest BCUT2D eigenvalue weighted by molar-refractivity contribution is 0.454. The number of hydrogen-bond acceptors (Lipinski definition) is 2. The van der Waals surface area contributed by atoms with Crippen molar-refractivity contribution in [3.63, 3.8) is 0 Å². The molecule has 0 radical (unpaired) electrons. The summed E-state index contributed by atoms with van der Waals surface area (Å²) >= 11 is 0. The summed E-state index contributed by atoms with van der Waals surface area (Å²) in [5, 5.41) is 20.0. The predicted octanol–water partition coefficient (Wildman–Crippen LogP) is 3.69. The molecule has 0 aliphatic heterocycles. The zero-order valence-corrected chi connectivity index (χ0v) is 10.3. The first kappa shape index (κ1) is 11.5. The molecule has 2 N–H and O–H groups in total. The lowest BCUT2D eigenvalue weighted by atomic mass is 9.95. The lowest BCUT2D eigenvalue weighted by Gasteiger charge is -2.13. The van der Waals surface area contributed by atoms with Crippen LogP contribution in [0.25, 0.3) is 11.1 Å². The van der Waals surface area contributed by atoms with Gasteiger partial charge in [-0.25, -0.2) is 0 Å². The first-order valence-corrected chi connectivity index (χ1v) is 5.60. The number of hydrogen-bond donors (Lipinski definition) is 2. The number of benzene rings is 2. The molecule has 0 bridgehead atoms. The van der Waals surface area contributed by atoms with Crippen LogP contribution in [0.3, 0.4) is 0 Å². The van der Waals surface area contributed by atoms with E-state index in [9.17, 15) is 10.2 Å². The maximum absolute atomic E-state index is 10.0. The summed E-state index contributed by atoms with van der Waals surface area (Å²) in [5.41, 5.74) is 4.16. The topological polar surface area (TPSA) is 40.5 Å². The summed E-state index contributed by atoms with van der Waals surface area (Å²) in [6.07, 6.45) is 0. The zero-order chi connectivity index (χ0) is 12.6. The molecule has 0 fully saturated rings. The van der Waals surface area contributed by atoms with Gasteiger partial charge in [0.15, 0.2) is 0 Å². The van der Waals surface area contributed by atoms with E-state index in [1.807, 2.05) is 38.1 Å². The van der Waals surface area contributed by atoms with Gasteiger partial charge in [-0.05, 0) is 38.0 Å². The second-order valence-corrected chi connectivity index (χ2v) is 4.43. The highest BCUT2D eigenvalue weighted by molar-refractivity contribution is 5.77. The Hall–Kier alpha value is -1.96. The van der Waals surface area contributed by atoms with Gasteiger partial charge < -0.3 is 10.2 Å². The van der Waals surface area contributed by atoms with E-state index in [1.54, 1.807) is 13.0 Å². The molecule has 0 spiro atoms. The maximum Gasteiger partial charge on any atom is 0.124 e. The maximum atomic E-state index is 10.0. The molecule has 2 aromatic carbocycles. The molecule has 0 heterocycles. The van der Waals surface area contributed by atoms with Crippen molar-refractivity contribution >= 4 is 0 Å². The predicted molar refractivity (Wildman–Crippen MR) is 69.4 cm³/mol. The van der Waals surface area contributed by atoms with Gasteiger partial charge in [-0.1, -0.05) is 29.8 Å². The Morgan fingerprint density at radius 2 is 1.65 bits per heavy atom. The molecular formula is C15H16O2. The molecule has 0 saturated heterocycles. The van der Waals surface area contributed by atoms with Crippen LogP contribution >= 0.6 is 0 Å². The minimum atomic E-state index is 0.211. The van der Waals surface area contributed by atoms with Gasteiger partial charge in [0.05, 0.1) is 0 Å². The molecule has 0 atom stereocenters. The second-order valence-electron chi connectivity index (χ2n) is 4.43. The molecule has 0 aliphatic rings. The Bertz CT molecular complexity index is 571. The molecule has 2 heteroatoms. The molecule has 17 heavy (non-hydrogen) atoms. The van der Waals surface area contributed by atoms with Crippen molar-refractivity contribution in [1.29, 1.82) is 0 Å². The van der Waals surface area contributed by atoms with E-state index in [1.165, 1.54) is 0 Å². The van der Waals surface area contributed by atoms with Crippen LogP contribution in [-0.4, -0.2) is 10.2 Å². The third kappa shape index (κ3) is 1.98. The number of rotatable bonds is 1. The summed E-state index contributed by atoms with van der Waals surface area (Å²) in [6.45, 7) is 5.60. The minimum Gasteiger partial charge on any atom is -0.507 e. The van der Waals surface area contributed by atoms with Crippen LogP contribution in [0.1, 0.15) is 16.7 Å². The average molecular weight is 228 g/mol. The van der Waals surface area contributed by atoms with Crippen LogP contribution in [0.4, 0.5) is 0 Å². The van der Waals surface area contributed by atoms with Gasteiger partial charge in [-0.15, -0.1) is 0 Å². The van der Waals surface area contributed by atoms with Crippen molar-refractivity contribution in [2.75, 3.05) is 0 Å². The highest BCUT2D eigenvalue weighted by atomic mass is 16.3. The van der Waals surface area contributed by atoms with Crippen molar-refractivity contribution in [2.24, 2.45) is 0 Å². The molecule has 88 valence electrons. The fourth-order valence-corrected chi connectivity index (χ4v) is 2.12. The van der Waals surface area contributed by atoms with E-state index in [0.717, 1.165) is 11.1 Å². The van der Waals surface area contributed by atoms with E-state index in [4.69, 9.17) is 0 Å². The van der Waals surface area contributed by atoms with Gasteiger partial charge in [-0.2, -0.15) is 0 Å². The van der Waals surface area contributed by atoms with Gasteiger partial charge in [0.25, 0.3) is 0 Å². The van der Waals surface area contributed by atoms with Crippen LogP contribution in [0.15, 0.2) is 30.3 Å². The molecule has 2 aromatic rings. The third-order valence-electron chi connectivity index (χ3n) is 3.02. The van der Waals surface area contributed by atoms with Crippen molar-refractivity contribution < 1.29 is 10.2 Å². The van der Waals surface area contributed by atoms with Crippen molar-refractivity contribution in [1.82, 2.24) is 0 Å². The van der Waals surface area contributed by atoms with E-state index < -0.39 is 0 Å². The monoisotopic (exact) mass is 228 g/mol. The summed E-state index contributed by atoms with van der Waals surface area (Å²) in [4.78, 5) is 0. The molecule has 0 aromatic heterocycles. The molecule has 0 amide bonds. The standard InChI is InChI=1S/C15H16O2/c1-9-5-4-6-12(7-9)14-11(3)15(17)10(2)8-13(14)16/h4-8,16-17H,1-3H3. The second kappa shape index (κ2) is 4.13. The van der Waals surface area contributed by atoms with Crippen LogP contribution in [-0.2, 0) is 0 Å². The molecular weight excluding hydrogens is 212 g/mol. The van der Waals surface area contributed by atoms with E-state index in [-0.39, 0.29) is 11.5 Å². The van der Waals surface area contributed by atoms with Crippen LogP contribution in [0, 0.1) is 20.8 Å². The van der Waals surface area contributed by atoms with Crippen LogP contribution < -0.4 is 0 Å². The normalized spacial score (nSPS) is 10.5. The molecule has 0 saturated carbocycles. The van der Waals surface area contributed by atoms with Gasteiger partial charge in [0.2, 0.25) is 0 Å². The van der Waals surface area contributed by atoms with E-state index in [0.29, 0.717) is 16.7 Å². The average Bonchev–Trinajstić information content (AvgIpc) is 2.26. The number of phenolic OH excluding ortho intramolecular Hbond substituents is 2. The quantitative estimate of drug-likeness (QED) is 0.731. The van der Waals surface area contributed by atoms with Gasteiger partial charge in [0, 0.05) is 11.1 Å². The van der Waals surface area contributed by atoms with Gasteiger partial charge >= 0.3 is 0 Å². The fraction of sp³-hybridized carbons (Fsp3) is 0.200. The molecule has 2 nitrogen and oxygen atoms in total. The Morgan fingerprint density at radius 1 is 0.941 bits per heavy atom. The molecule has 2 rings (SSSR count). The number of phenols is 2.